The molecule has 1 aromatic rings. The van der Waals surface area contributed by atoms with Crippen LogP contribution in [0.2, 0.25) is 0 Å². The van der Waals surface area contributed by atoms with Crippen LogP contribution in [0.4, 0.5) is 13.6 Å². The fourth-order valence-corrected chi connectivity index (χ4v) is 2.53. The van der Waals surface area contributed by atoms with Crippen molar-refractivity contribution in [3.05, 3.63) is 34.9 Å². The van der Waals surface area contributed by atoms with Gasteiger partial charge in [0.05, 0.1) is 0 Å². The lowest BCUT2D eigenvalue weighted by atomic mass is 9.92. The maximum atomic E-state index is 13.5. The highest BCUT2D eigenvalue weighted by Crippen LogP contribution is 2.38. The van der Waals surface area contributed by atoms with Crippen LogP contribution < -0.4 is 5.32 Å². The highest BCUT2D eigenvalue weighted by molar-refractivity contribution is 5.87. The number of aryl methyl sites for hydroxylation is 1. The molecule has 0 unspecified atom stereocenters. The van der Waals surface area contributed by atoms with Gasteiger partial charge < -0.3 is 15.2 Å². The van der Waals surface area contributed by atoms with E-state index in [-0.39, 0.29) is 18.4 Å². The highest BCUT2D eigenvalue weighted by Gasteiger charge is 2.48. The van der Waals surface area contributed by atoms with Crippen LogP contribution in [-0.2, 0) is 21.5 Å². The number of nitrogens with one attached hydrogen (secondary N) is 1. The standard InChI is InChI=1S/C15H17F2NO4/c1-14(2,3)22-13(21)18-15(12(19)20)5-4-8-6-10(16)11(17)7-9(8)15/h6-7H,4-5H2,1-3H3,(H,18,21)(H,19,20)/t15-/m0/s1. The third-order valence-corrected chi connectivity index (χ3v) is 3.45. The molecule has 1 amide bonds. The number of alkyl carbamates (subject to hydrolysis) is 1. The van der Waals surface area contributed by atoms with Gasteiger partial charge in [-0.15, -0.1) is 0 Å². The minimum absolute atomic E-state index is 0.000196. The molecule has 22 heavy (non-hydrogen) atoms. The summed E-state index contributed by atoms with van der Waals surface area (Å²) in [5.74, 6) is -3.54. The quantitative estimate of drug-likeness (QED) is 0.880. The maximum Gasteiger partial charge on any atom is 0.408 e. The van der Waals surface area contributed by atoms with Gasteiger partial charge in [-0.05, 0) is 56.9 Å². The topological polar surface area (TPSA) is 75.6 Å². The monoisotopic (exact) mass is 313 g/mol. The Hall–Kier alpha value is -2.18. The van der Waals surface area contributed by atoms with Crippen molar-refractivity contribution in [2.45, 2.75) is 44.8 Å². The van der Waals surface area contributed by atoms with Gasteiger partial charge in [0.25, 0.3) is 0 Å². The first-order chi connectivity index (χ1) is 10.0. The Balaban J connectivity index is 2.40. The largest absolute Gasteiger partial charge is 0.479 e. The first kappa shape index (κ1) is 16.2. The fraction of sp³-hybridized carbons (Fsp3) is 0.467. The van der Waals surface area contributed by atoms with E-state index >= 15 is 0 Å². The number of amides is 1. The van der Waals surface area contributed by atoms with Crippen molar-refractivity contribution in [2.24, 2.45) is 0 Å². The number of carbonyl (C=O) groups excluding carboxylic acids is 1. The number of fused-ring (bicyclic) bond motifs is 1. The van der Waals surface area contributed by atoms with Crippen LogP contribution in [0.5, 0.6) is 0 Å². The van der Waals surface area contributed by atoms with Crippen LogP contribution in [-0.4, -0.2) is 22.8 Å². The number of benzene rings is 1. The molecule has 1 aliphatic rings. The van der Waals surface area contributed by atoms with E-state index in [0.29, 0.717) is 5.56 Å². The van der Waals surface area contributed by atoms with Gasteiger partial charge in [0.15, 0.2) is 17.2 Å². The van der Waals surface area contributed by atoms with Crippen LogP contribution in [0.3, 0.4) is 0 Å². The van der Waals surface area contributed by atoms with Gasteiger partial charge in [0, 0.05) is 0 Å². The number of ether oxygens (including phenoxy) is 1. The minimum atomic E-state index is -1.81. The molecule has 7 heteroatoms. The summed E-state index contributed by atoms with van der Waals surface area (Å²) in [7, 11) is 0. The number of hydrogen-bond acceptors (Lipinski definition) is 3. The van der Waals surface area contributed by atoms with Crippen LogP contribution in [0.1, 0.15) is 38.3 Å². The van der Waals surface area contributed by atoms with Gasteiger partial charge in [-0.25, -0.2) is 18.4 Å². The van der Waals surface area contributed by atoms with E-state index in [2.05, 4.69) is 5.32 Å². The summed E-state index contributed by atoms with van der Waals surface area (Å²) in [6.45, 7) is 4.91. The molecule has 1 aliphatic carbocycles. The smallest absolute Gasteiger partial charge is 0.408 e. The van der Waals surface area contributed by atoms with Crippen molar-refractivity contribution >= 4 is 12.1 Å². The van der Waals surface area contributed by atoms with E-state index < -0.39 is 34.8 Å². The molecular formula is C15H17F2NO4. The Labute approximate surface area is 126 Å². The van der Waals surface area contributed by atoms with Crippen molar-refractivity contribution in [2.75, 3.05) is 0 Å². The molecule has 1 aromatic carbocycles. The van der Waals surface area contributed by atoms with Gasteiger partial charge in [-0.2, -0.15) is 0 Å². The summed E-state index contributed by atoms with van der Waals surface area (Å²) in [5, 5.41) is 11.8. The van der Waals surface area contributed by atoms with Crippen molar-refractivity contribution in [1.29, 1.82) is 0 Å². The summed E-state index contributed by atoms with van der Waals surface area (Å²) < 4.78 is 31.8. The first-order valence-corrected chi connectivity index (χ1v) is 6.78. The Morgan fingerprint density at radius 3 is 2.41 bits per heavy atom. The first-order valence-electron chi connectivity index (χ1n) is 6.78. The number of carboxylic acids is 1. The molecule has 0 radical (unpaired) electrons. The lowest BCUT2D eigenvalue weighted by molar-refractivity contribution is -0.145. The van der Waals surface area contributed by atoms with Gasteiger partial charge in [0.1, 0.15) is 5.60 Å². The Morgan fingerprint density at radius 1 is 1.27 bits per heavy atom. The van der Waals surface area contributed by atoms with Crippen LogP contribution in [0.25, 0.3) is 0 Å². The third kappa shape index (κ3) is 2.88. The molecule has 0 heterocycles. The second-order valence-electron chi connectivity index (χ2n) is 6.26. The molecule has 5 nitrogen and oxygen atoms in total. The summed E-state index contributed by atoms with van der Waals surface area (Å²) in [6, 6.07) is 1.79. The van der Waals surface area contributed by atoms with Crippen LogP contribution in [0.15, 0.2) is 12.1 Å². The number of aliphatic carboxylic acids is 1. The summed E-state index contributed by atoms with van der Waals surface area (Å²) in [5.41, 5.74) is -2.21. The van der Waals surface area contributed by atoms with E-state index in [4.69, 9.17) is 4.74 Å². The summed E-state index contributed by atoms with van der Waals surface area (Å²) in [6.07, 6.45) is -0.707. The summed E-state index contributed by atoms with van der Waals surface area (Å²) >= 11 is 0. The molecule has 1 atom stereocenters. The molecule has 0 aliphatic heterocycles. The van der Waals surface area contributed by atoms with Gasteiger partial charge in [0.2, 0.25) is 0 Å². The molecule has 0 fully saturated rings. The minimum Gasteiger partial charge on any atom is -0.479 e. The van der Waals surface area contributed by atoms with Gasteiger partial charge >= 0.3 is 12.1 Å². The Bertz CT molecular complexity index is 639. The second-order valence-corrected chi connectivity index (χ2v) is 6.26. The SMILES string of the molecule is CC(C)(C)OC(=O)N[C@@]1(C(=O)O)CCc2cc(F)c(F)cc21. The maximum absolute atomic E-state index is 13.5. The predicted molar refractivity (Wildman–Crippen MR) is 73.4 cm³/mol. The number of halogens is 2. The molecule has 0 spiro atoms. The lowest BCUT2D eigenvalue weighted by Gasteiger charge is -2.29. The summed E-state index contributed by atoms with van der Waals surface area (Å²) in [4.78, 5) is 23.6. The zero-order chi connectivity index (χ0) is 16.7. The average Bonchev–Trinajstić information content (AvgIpc) is 2.67. The molecule has 0 saturated carbocycles. The number of rotatable bonds is 2. The van der Waals surface area contributed by atoms with Crippen molar-refractivity contribution in [3.63, 3.8) is 0 Å². The molecule has 120 valence electrons. The van der Waals surface area contributed by atoms with E-state index in [1.54, 1.807) is 20.8 Å². The van der Waals surface area contributed by atoms with E-state index in [1.807, 2.05) is 0 Å². The third-order valence-electron chi connectivity index (χ3n) is 3.45. The molecular weight excluding hydrogens is 296 g/mol. The molecule has 0 saturated heterocycles. The van der Waals surface area contributed by atoms with Gasteiger partial charge in [-0.1, -0.05) is 0 Å². The van der Waals surface area contributed by atoms with E-state index in [9.17, 15) is 23.5 Å². The van der Waals surface area contributed by atoms with E-state index in [1.165, 1.54) is 0 Å². The van der Waals surface area contributed by atoms with Crippen molar-refractivity contribution in [1.82, 2.24) is 5.32 Å². The Morgan fingerprint density at radius 2 is 1.86 bits per heavy atom. The number of hydrogen-bond donors (Lipinski definition) is 2. The zero-order valence-electron chi connectivity index (χ0n) is 12.5. The van der Waals surface area contributed by atoms with Gasteiger partial charge in [-0.3, -0.25) is 0 Å². The zero-order valence-corrected chi connectivity index (χ0v) is 12.5. The number of carboxylic acid groups (broad SMARTS) is 1. The van der Waals surface area contributed by atoms with Crippen LogP contribution >= 0.6 is 0 Å². The normalized spacial score (nSPS) is 20.4. The number of carbonyl (C=O) groups is 2. The van der Waals surface area contributed by atoms with Crippen LogP contribution in [0, 0.1) is 11.6 Å². The Kier molecular flexibility index (Phi) is 3.85. The lowest BCUT2D eigenvalue weighted by Crippen LogP contribution is -2.51. The average molecular weight is 313 g/mol. The molecule has 2 rings (SSSR count). The van der Waals surface area contributed by atoms with Crippen molar-refractivity contribution < 1.29 is 28.2 Å². The van der Waals surface area contributed by atoms with E-state index in [0.717, 1.165) is 12.1 Å². The second kappa shape index (κ2) is 5.23. The molecule has 0 bridgehead atoms. The van der Waals surface area contributed by atoms with Crippen molar-refractivity contribution in [3.8, 4) is 0 Å². The highest BCUT2D eigenvalue weighted by atomic mass is 19.2. The fourth-order valence-electron chi connectivity index (χ4n) is 2.53. The predicted octanol–water partition coefficient (Wildman–Crippen LogP) is 2.72. The molecule has 0 aromatic heterocycles. The molecule has 2 N–H and O–H groups in total.